The molecular weight excluding hydrogens is 256 g/mol. The van der Waals surface area contributed by atoms with Crippen molar-refractivity contribution in [1.82, 2.24) is 4.90 Å². The van der Waals surface area contributed by atoms with Crippen LogP contribution in [-0.4, -0.2) is 17.5 Å². The Morgan fingerprint density at radius 3 is 2.63 bits per heavy atom. The van der Waals surface area contributed by atoms with Gasteiger partial charge in [-0.2, -0.15) is 0 Å². The molecule has 1 aliphatic rings. The summed E-state index contributed by atoms with van der Waals surface area (Å²) in [6.07, 6.45) is 3.95. The summed E-state index contributed by atoms with van der Waals surface area (Å²) in [5, 5.41) is 0.859. The van der Waals surface area contributed by atoms with Crippen LogP contribution >= 0.6 is 11.6 Å². The molecule has 106 valence electrons. The number of hydrogen-bond acceptors (Lipinski definition) is 2. The Labute approximate surface area is 121 Å². The summed E-state index contributed by atoms with van der Waals surface area (Å²) in [4.78, 5) is 2.59. The van der Waals surface area contributed by atoms with Crippen molar-refractivity contribution in [2.75, 3.05) is 6.54 Å². The molecule has 0 aliphatic heterocycles. The van der Waals surface area contributed by atoms with Crippen molar-refractivity contribution >= 4 is 11.6 Å². The molecule has 2 N–H and O–H groups in total. The van der Waals surface area contributed by atoms with Crippen LogP contribution in [0.4, 0.5) is 0 Å². The molecule has 3 heteroatoms. The molecule has 0 amide bonds. The minimum Gasteiger partial charge on any atom is -0.326 e. The molecule has 2 nitrogen and oxygen atoms in total. The van der Waals surface area contributed by atoms with Gasteiger partial charge in [0.1, 0.15) is 0 Å². The third kappa shape index (κ3) is 4.48. The minimum atomic E-state index is 0.555. The third-order valence-electron chi connectivity index (χ3n) is 3.78. The van der Waals surface area contributed by atoms with Gasteiger partial charge in [0, 0.05) is 24.2 Å². The lowest BCUT2D eigenvalue weighted by Crippen LogP contribution is -2.27. The van der Waals surface area contributed by atoms with Crippen molar-refractivity contribution in [3.05, 3.63) is 34.3 Å². The molecular formula is C16H25ClN2. The lowest BCUT2D eigenvalue weighted by atomic mass is 10.1. The smallest absolute Gasteiger partial charge is 0.0454 e. The zero-order chi connectivity index (χ0) is 13.8. The van der Waals surface area contributed by atoms with E-state index in [9.17, 15) is 0 Å². The van der Waals surface area contributed by atoms with E-state index < -0.39 is 0 Å². The summed E-state index contributed by atoms with van der Waals surface area (Å²) in [5.41, 5.74) is 7.98. The second-order valence-corrected chi connectivity index (χ2v) is 6.42. The Kier molecular flexibility index (Phi) is 5.26. The SMILES string of the molecule is CC(C)CCN(Cc1ccc(CN)cc1Cl)C1CC1. The molecule has 0 bridgehead atoms. The monoisotopic (exact) mass is 280 g/mol. The Hall–Kier alpha value is -0.570. The molecule has 0 radical (unpaired) electrons. The first kappa shape index (κ1) is 14.8. The summed E-state index contributed by atoms with van der Waals surface area (Å²) >= 11 is 6.36. The van der Waals surface area contributed by atoms with Crippen LogP contribution in [0, 0.1) is 5.92 Å². The van der Waals surface area contributed by atoms with E-state index in [1.54, 1.807) is 0 Å². The van der Waals surface area contributed by atoms with Gasteiger partial charge in [0.25, 0.3) is 0 Å². The van der Waals surface area contributed by atoms with Gasteiger partial charge in [-0.05, 0) is 48.9 Å². The molecule has 2 rings (SSSR count). The zero-order valence-corrected chi connectivity index (χ0v) is 12.8. The van der Waals surface area contributed by atoms with Gasteiger partial charge in [-0.15, -0.1) is 0 Å². The summed E-state index contributed by atoms with van der Waals surface area (Å²) in [7, 11) is 0. The van der Waals surface area contributed by atoms with Crippen LogP contribution in [0.5, 0.6) is 0 Å². The second kappa shape index (κ2) is 6.74. The first-order valence-corrected chi connectivity index (χ1v) is 7.69. The van der Waals surface area contributed by atoms with E-state index in [0.29, 0.717) is 6.54 Å². The van der Waals surface area contributed by atoms with Gasteiger partial charge in [0.2, 0.25) is 0 Å². The number of nitrogens with zero attached hydrogens (tertiary/aromatic N) is 1. The first-order valence-electron chi connectivity index (χ1n) is 7.31. The number of benzene rings is 1. The lowest BCUT2D eigenvalue weighted by Gasteiger charge is -2.23. The maximum Gasteiger partial charge on any atom is 0.0454 e. The average molecular weight is 281 g/mol. The molecule has 0 unspecified atom stereocenters. The number of rotatable bonds is 7. The molecule has 1 aliphatic carbocycles. The van der Waals surface area contributed by atoms with Gasteiger partial charge in [-0.25, -0.2) is 0 Å². The molecule has 1 aromatic carbocycles. The van der Waals surface area contributed by atoms with Gasteiger partial charge in [-0.1, -0.05) is 37.6 Å². The lowest BCUT2D eigenvalue weighted by molar-refractivity contribution is 0.239. The normalized spacial score (nSPS) is 15.5. The highest BCUT2D eigenvalue weighted by atomic mass is 35.5. The Bertz CT molecular complexity index is 413. The fourth-order valence-electron chi connectivity index (χ4n) is 2.32. The van der Waals surface area contributed by atoms with Crippen molar-refractivity contribution in [2.24, 2.45) is 11.7 Å². The van der Waals surface area contributed by atoms with Crippen molar-refractivity contribution in [2.45, 2.75) is 52.2 Å². The van der Waals surface area contributed by atoms with Crippen molar-refractivity contribution in [3.8, 4) is 0 Å². The van der Waals surface area contributed by atoms with Crippen molar-refractivity contribution in [3.63, 3.8) is 0 Å². The minimum absolute atomic E-state index is 0.555. The molecule has 1 aromatic rings. The van der Waals surface area contributed by atoms with E-state index in [1.165, 1.54) is 31.4 Å². The van der Waals surface area contributed by atoms with Gasteiger partial charge in [0.15, 0.2) is 0 Å². The molecule has 0 aromatic heterocycles. The number of halogens is 1. The average Bonchev–Trinajstić information content (AvgIpc) is 3.20. The molecule has 0 saturated heterocycles. The van der Waals surface area contributed by atoms with E-state index in [4.69, 9.17) is 17.3 Å². The molecule has 19 heavy (non-hydrogen) atoms. The van der Waals surface area contributed by atoms with Crippen LogP contribution < -0.4 is 5.73 Å². The summed E-state index contributed by atoms with van der Waals surface area (Å²) < 4.78 is 0. The van der Waals surface area contributed by atoms with Crippen LogP contribution in [0.1, 0.15) is 44.2 Å². The van der Waals surface area contributed by atoms with Gasteiger partial charge in [0.05, 0.1) is 0 Å². The van der Waals surface area contributed by atoms with E-state index in [1.807, 2.05) is 6.07 Å². The fraction of sp³-hybridized carbons (Fsp3) is 0.625. The molecule has 1 fully saturated rings. The molecule has 0 heterocycles. The van der Waals surface area contributed by atoms with Crippen LogP contribution in [0.25, 0.3) is 0 Å². The zero-order valence-electron chi connectivity index (χ0n) is 12.0. The van der Waals surface area contributed by atoms with E-state index in [-0.39, 0.29) is 0 Å². The maximum atomic E-state index is 6.36. The third-order valence-corrected chi connectivity index (χ3v) is 4.14. The Morgan fingerprint density at radius 1 is 1.37 bits per heavy atom. The quantitative estimate of drug-likeness (QED) is 0.823. The predicted octanol–water partition coefficient (Wildman–Crippen LogP) is 3.81. The van der Waals surface area contributed by atoms with Crippen LogP contribution in [0.15, 0.2) is 18.2 Å². The van der Waals surface area contributed by atoms with Gasteiger partial charge < -0.3 is 5.73 Å². The highest BCUT2D eigenvalue weighted by Crippen LogP contribution is 2.30. The van der Waals surface area contributed by atoms with E-state index >= 15 is 0 Å². The summed E-state index contributed by atoms with van der Waals surface area (Å²) in [5.74, 6) is 0.760. The second-order valence-electron chi connectivity index (χ2n) is 6.01. The van der Waals surface area contributed by atoms with Crippen LogP contribution in [0.3, 0.4) is 0 Å². The fourth-order valence-corrected chi connectivity index (χ4v) is 2.58. The molecule has 1 saturated carbocycles. The molecule has 0 spiro atoms. The number of hydrogen-bond donors (Lipinski definition) is 1. The van der Waals surface area contributed by atoms with E-state index in [0.717, 1.165) is 29.1 Å². The maximum absolute atomic E-state index is 6.36. The summed E-state index contributed by atoms with van der Waals surface area (Å²) in [6.45, 7) is 7.28. The predicted molar refractivity (Wildman–Crippen MR) is 82.2 cm³/mol. The summed E-state index contributed by atoms with van der Waals surface area (Å²) in [6, 6.07) is 7.01. The highest BCUT2D eigenvalue weighted by Gasteiger charge is 2.29. The Morgan fingerprint density at radius 2 is 2.11 bits per heavy atom. The topological polar surface area (TPSA) is 29.3 Å². The molecule has 0 atom stereocenters. The standard InChI is InChI=1S/C16H25ClN2/c1-12(2)7-8-19(15-5-6-15)11-14-4-3-13(10-18)9-16(14)17/h3-4,9,12,15H,5-8,10-11,18H2,1-2H3. The van der Waals surface area contributed by atoms with Gasteiger partial charge >= 0.3 is 0 Å². The highest BCUT2D eigenvalue weighted by molar-refractivity contribution is 6.31. The first-order chi connectivity index (χ1) is 9.10. The van der Waals surface area contributed by atoms with Gasteiger partial charge in [-0.3, -0.25) is 4.90 Å². The van der Waals surface area contributed by atoms with Crippen LogP contribution in [0.2, 0.25) is 5.02 Å². The van der Waals surface area contributed by atoms with E-state index in [2.05, 4.69) is 30.9 Å². The number of nitrogens with two attached hydrogens (primary N) is 1. The Balaban J connectivity index is 2.00. The largest absolute Gasteiger partial charge is 0.326 e. The van der Waals surface area contributed by atoms with Crippen molar-refractivity contribution in [1.29, 1.82) is 0 Å². The van der Waals surface area contributed by atoms with Crippen LogP contribution in [-0.2, 0) is 13.1 Å². The van der Waals surface area contributed by atoms with Crippen molar-refractivity contribution < 1.29 is 0 Å².